The maximum atomic E-state index is 13.8. The molecule has 0 unspecified atom stereocenters. The van der Waals surface area contributed by atoms with E-state index in [0.717, 1.165) is 45.0 Å². The molecule has 1 aromatic heterocycles. The predicted molar refractivity (Wildman–Crippen MR) is 223 cm³/mol. The van der Waals surface area contributed by atoms with Crippen LogP contribution in [-0.4, -0.2) is 91.5 Å². The van der Waals surface area contributed by atoms with E-state index < -0.39 is 10.0 Å². The summed E-state index contributed by atoms with van der Waals surface area (Å²) in [5.74, 6) is 1.80. The molecule has 5 rings (SSSR count). The van der Waals surface area contributed by atoms with Gasteiger partial charge in [-0.1, -0.05) is 32.9 Å². The lowest BCUT2D eigenvalue weighted by Crippen LogP contribution is -2.18. The second kappa shape index (κ2) is 19.2. The molecular formula is C43H52N4O9S. The Labute approximate surface area is 335 Å². The molecule has 0 bridgehead atoms. The molecule has 5 aromatic rings. The average molecular weight is 801 g/mol. The van der Waals surface area contributed by atoms with Crippen molar-refractivity contribution in [3.8, 4) is 28.4 Å². The molecule has 0 fully saturated rings. The van der Waals surface area contributed by atoms with Crippen molar-refractivity contribution in [2.24, 2.45) is 0 Å². The van der Waals surface area contributed by atoms with Crippen LogP contribution in [0.4, 0.5) is 11.4 Å². The number of aryl methyl sites for hydroxylation is 1. The summed E-state index contributed by atoms with van der Waals surface area (Å²) >= 11 is 0. The molecule has 1 amide bonds. The molecule has 4 aromatic carbocycles. The van der Waals surface area contributed by atoms with Gasteiger partial charge in [0.15, 0.2) is 5.75 Å². The number of fused-ring (bicyclic) bond motifs is 1. The highest BCUT2D eigenvalue weighted by molar-refractivity contribution is 7.92. The van der Waals surface area contributed by atoms with Crippen molar-refractivity contribution in [1.29, 1.82) is 0 Å². The number of carbonyl (C=O) groups excluding carboxylic acids is 1. The van der Waals surface area contributed by atoms with Gasteiger partial charge in [0.2, 0.25) is 10.0 Å². The van der Waals surface area contributed by atoms with Gasteiger partial charge in [0.05, 0.1) is 70.4 Å². The average Bonchev–Trinajstić information content (AvgIpc) is 3.16. The zero-order valence-corrected chi connectivity index (χ0v) is 34.7. The third-order valence-corrected chi connectivity index (χ3v) is 9.57. The molecule has 13 nitrogen and oxygen atoms in total. The molecule has 0 saturated heterocycles. The molecule has 2 N–H and O–H groups in total. The number of sulfonamides is 1. The molecular weight excluding hydrogens is 749 g/mol. The molecule has 304 valence electrons. The number of aromatic nitrogens is 2. The molecule has 57 heavy (non-hydrogen) atoms. The molecule has 0 aliphatic carbocycles. The highest BCUT2D eigenvalue weighted by atomic mass is 32.2. The van der Waals surface area contributed by atoms with E-state index in [-0.39, 0.29) is 22.8 Å². The number of hydrogen-bond donors (Lipinski definition) is 2. The lowest BCUT2D eigenvalue weighted by molar-refractivity contribution is 0.0179. The van der Waals surface area contributed by atoms with E-state index in [0.29, 0.717) is 74.6 Å². The first kappa shape index (κ1) is 42.9. The first-order valence-corrected chi connectivity index (χ1v) is 20.4. The third kappa shape index (κ3) is 12.1. The van der Waals surface area contributed by atoms with Gasteiger partial charge in [-0.15, -0.1) is 0 Å². The fourth-order valence-corrected chi connectivity index (χ4v) is 6.59. The SMILES string of the molecule is COCCOCCOCCOc1cc(Cc2ncc3cc(-c4cc(C(=O)Nc5cc(C(C)(C)C)cc(NS(C)(=O)=O)c5OC)ccc4C)ccc3n2)cc(OC)c1. The Balaban J connectivity index is 1.31. The Morgan fingerprint density at radius 2 is 1.49 bits per heavy atom. The number of ether oxygens (including phenoxy) is 6. The van der Waals surface area contributed by atoms with Crippen LogP contribution in [0.15, 0.2) is 72.9 Å². The molecule has 0 aliphatic heterocycles. The van der Waals surface area contributed by atoms with Crippen LogP contribution in [0.25, 0.3) is 22.0 Å². The van der Waals surface area contributed by atoms with Crippen molar-refractivity contribution in [2.75, 3.05) is 77.3 Å². The maximum Gasteiger partial charge on any atom is 0.255 e. The number of carbonyl (C=O) groups is 1. The molecule has 0 atom stereocenters. The summed E-state index contributed by atoms with van der Waals surface area (Å²) in [6.45, 7) is 10.8. The summed E-state index contributed by atoms with van der Waals surface area (Å²) in [6.07, 6.45) is 3.34. The Morgan fingerprint density at radius 1 is 0.789 bits per heavy atom. The van der Waals surface area contributed by atoms with Gasteiger partial charge in [0.1, 0.15) is 23.9 Å². The number of nitrogens with zero attached hydrogens (tertiary/aromatic N) is 2. The quantitative estimate of drug-likeness (QED) is 0.0815. The fourth-order valence-electron chi connectivity index (χ4n) is 6.04. The molecule has 0 aliphatic rings. The van der Waals surface area contributed by atoms with Crippen LogP contribution in [-0.2, 0) is 36.1 Å². The number of rotatable bonds is 19. The molecule has 0 radical (unpaired) electrons. The monoisotopic (exact) mass is 800 g/mol. The van der Waals surface area contributed by atoms with Gasteiger partial charge in [-0.2, -0.15) is 0 Å². The number of amides is 1. The zero-order chi connectivity index (χ0) is 41.2. The van der Waals surface area contributed by atoms with Gasteiger partial charge in [0.25, 0.3) is 5.91 Å². The second-order valence-corrected chi connectivity index (χ2v) is 16.3. The molecule has 0 saturated carbocycles. The van der Waals surface area contributed by atoms with Gasteiger partial charge < -0.3 is 33.7 Å². The summed E-state index contributed by atoms with van der Waals surface area (Å²) in [7, 11) is 1.06. The van der Waals surface area contributed by atoms with Crippen LogP contribution in [0, 0.1) is 6.92 Å². The van der Waals surface area contributed by atoms with Crippen LogP contribution in [0.5, 0.6) is 17.2 Å². The smallest absolute Gasteiger partial charge is 0.255 e. The molecule has 14 heteroatoms. The standard InChI is InChI=1S/C43H52N4O9S/c1-28-9-10-31(42(48)46-38-24-33(43(2,3)4)25-39(41(38)53-7)47-57(8,49)50)23-36(28)30-11-12-37-32(22-30)27-44-40(45-37)21-29-19-34(52-6)26-35(20-29)56-18-17-55-16-15-54-14-13-51-5/h9-12,19-20,22-27,47H,13-18,21H2,1-8H3,(H,46,48). The van der Waals surface area contributed by atoms with E-state index in [9.17, 15) is 13.2 Å². The van der Waals surface area contributed by atoms with Crippen molar-refractivity contribution >= 4 is 38.2 Å². The van der Waals surface area contributed by atoms with Gasteiger partial charge >= 0.3 is 0 Å². The minimum Gasteiger partial charge on any atom is -0.497 e. The lowest BCUT2D eigenvalue weighted by Gasteiger charge is -2.24. The lowest BCUT2D eigenvalue weighted by atomic mass is 9.86. The Kier molecular flexibility index (Phi) is 14.5. The van der Waals surface area contributed by atoms with Crippen molar-refractivity contribution in [2.45, 2.75) is 39.5 Å². The van der Waals surface area contributed by atoms with Crippen LogP contribution < -0.4 is 24.2 Å². The van der Waals surface area contributed by atoms with E-state index in [1.165, 1.54) is 7.11 Å². The summed E-state index contributed by atoms with van der Waals surface area (Å²) in [5.41, 5.74) is 5.93. The van der Waals surface area contributed by atoms with E-state index in [4.69, 9.17) is 33.4 Å². The largest absolute Gasteiger partial charge is 0.497 e. The van der Waals surface area contributed by atoms with Crippen molar-refractivity contribution < 1.29 is 41.6 Å². The molecule has 0 spiro atoms. The van der Waals surface area contributed by atoms with Crippen molar-refractivity contribution in [3.05, 3.63) is 101 Å². The van der Waals surface area contributed by atoms with E-state index in [2.05, 4.69) is 15.0 Å². The summed E-state index contributed by atoms with van der Waals surface area (Å²) in [5, 5.41) is 3.80. The van der Waals surface area contributed by atoms with Crippen LogP contribution in [0.1, 0.15) is 53.6 Å². The van der Waals surface area contributed by atoms with Gasteiger partial charge in [-0.25, -0.2) is 18.4 Å². The van der Waals surface area contributed by atoms with Gasteiger partial charge in [-0.05, 0) is 88.7 Å². The Hall–Kier alpha value is -5.28. The first-order chi connectivity index (χ1) is 27.2. The fraction of sp³-hybridized carbons (Fsp3) is 0.372. The highest BCUT2D eigenvalue weighted by Gasteiger charge is 2.23. The summed E-state index contributed by atoms with van der Waals surface area (Å²) in [6, 6.07) is 20.7. The number of anilines is 2. The Morgan fingerprint density at radius 3 is 2.18 bits per heavy atom. The predicted octanol–water partition coefficient (Wildman–Crippen LogP) is 7.19. The number of benzene rings is 4. The zero-order valence-electron chi connectivity index (χ0n) is 33.9. The molecule has 1 heterocycles. The second-order valence-electron chi connectivity index (χ2n) is 14.5. The van der Waals surface area contributed by atoms with E-state index in [1.807, 2.05) is 76.2 Å². The van der Waals surface area contributed by atoms with Crippen molar-refractivity contribution in [1.82, 2.24) is 9.97 Å². The Bertz CT molecular complexity index is 2290. The minimum atomic E-state index is -3.62. The van der Waals surface area contributed by atoms with Gasteiger partial charge in [0, 0.05) is 36.7 Å². The van der Waals surface area contributed by atoms with Gasteiger partial charge in [-0.3, -0.25) is 9.52 Å². The summed E-state index contributed by atoms with van der Waals surface area (Å²) in [4.78, 5) is 23.3. The topological polar surface area (TPSA) is 156 Å². The highest BCUT2D eigenvalue weighted by Crippen LogP contribution is 2.39. The number of hydrogen-bond acceptors (Lipinski definition) is 11. The first-order valence-electron chi connectivity index (χ1n) is 18.5. The minimum absolute atomic E-state index is 0.209. The normalized spacial score (nSPS) is 11.7. The maximum absolute atomic E-state index is 13.8. The van der Waals surface area contributed by atoms with Crippen LogP contribution in [0.2, 0.25) is 0 Å². The number of nitrogens with one attached hydrogen (secondary N) is 2. The van der Waals surface area contributed by atoms with E-state index >= 15 is 0 Å². The summed E-state index contributed by atoms with van der Waals surface area (Å²) < 4.78 is 59.9. The van der Waals surface area contributed by atoms with Crippen molar-refractivity contribution in [3.63, 3.8) is 0 Å². The van der Waals surface area contributed by atoms with E-state index in [1.54, 1.807) is 38.6 Å². The number of methoxy groups -OCH3 is 3. The van der Waals surface area contributed by atoms with Crippen LogP contribution in [0.3, 0.4) is 0 Å². The van der Waals surface area contributed by atoms with Crippen LogP contribution >= 0.6 is 0 Å². The third-order valence-electron chi connectivity index (χ3n) is 8.98.